The lowest BCUT2D eigenvalue weighted by atomic mass is 10.1. The zero-order valence-electron chi connectivity index (χ0n) is 8.48. The van der Waals surface area contributed by atoms with Crippen LogP contribution in [0.15, 0.2) is 35.7 Å². The zero-order valence-corrected chi connectivity index (χ0v) is 10.1. The maximum atomic E-state index is 6.32. The molecule has 78 valence electrons. The standard InChI is InChI=1S/C12H12ClNS/c1-9-8-15-12(14-9)7-11(13)10-5-3-2-4-6-10/h2-6,8,11H,7H2,1H3. The molecule has 0 amide bonds. The van der Waals surface area contributed by atoms with E-state index in [0.717, 1.165) is 22.7 Å². The first kappa shape index (κ1) is 10.7. The molecule has 2 rings (SSSR count). The van der Waals surface area contributed by atoms with Crippen LogP contribution in [-0.4, -0.2) is 4.98 Å². The van der Waals surface area contributed by atoms with Crippen LogP contribution in [0.5, 0.6) is 0 Å². The molecule has 0 aliphatic heterocycles. The van der Waals surface area contributed by atoms with E-state index in [9.17, 15) is 0 Å². The number of aromatic nitrogens is 1. The lowest BCUT2D eigenvalue weighted by Crippen LogP contribution is -1.95. The van der Waals surface area contributed by atoms with Crippen LogP contribution < -0.4 is 0 Å². The topological polar surface area (TPSA) is 12.9 Å². The summed E-state index contributed by atoms with van der Waals surface area (Å²) in [7, 11) is 0. The monoisotopic (exact) mass is 237 g/mol. The van der Waals surface area contributed by atoms with Gasteiger partial charge in [-0.2, -0.15) is 0 Å². The van der Waals surface area contributed by atoms with Gasteiger partial charge < -0.3 is 0 Å². The molecule has 15 heavy (non-hydrogen) atoms. The Balaban J connectivity index is 2.07. The molecule has 1 unspecified atom stereocenters. The van der Waals surface area contributed by atoms with Gasteiger partial charge in [-0.05, 0) is 12.5 Å². The minimum Gasteiger partial charge on any atom is -0.247 e. The number of hydrogen-bond donors (Lipinski definition) is 0. The van der Waals surface area contributed by atoms with Gasteiger partial charge in [-0.25, -0.2) is 4.98 Å². The van der Waals surface area contributed by atoms with Crippen LogP contribution in [0.25, 0.3) is 0 Å². The number of alkyl halides is 1. The summed E-state index contributed by atoms with van der Waals surface area (Å²) < 4.78 is 0. The summed E-state index contributed by atoms with van der Waals surface area (Å²) in [6, 6.07) is 10.1. The molecule has 0 radical (unpaired) electrons. The van der Waals surface area contributed by atoms with E-state index in [2.05, 4.69) is 22.5 Å². The van der Waals surface area contributed by atoms with Crippen LogP contribution in [0.4, 0.5) is 0 Å². The van der Waals surface area contributed by atoms with Gasteiger partial charge in [0.15, 0.2) is 0 Å². The molecular weight excluding hydrogens is 226 g/mol. The van der Waals surface area contributed by atoms with Crippen molar-refractivity contribution in [1.29, 1.82) is 0 Å². The quantitative estimate of drug-likeness (QED) is 0.736. The highest BCUT2D eigenvalue weighted by molar-refractivity contribution is 7.09. The summed E-state index contributed by atoms with van der Waals surface area (Å²) in [5.41, 5.74) is 2.24. The highest BCUT2D eigenvalue weighted by Gasteiger charge is 2.10. The van der Waals surface area contributed by atoms with E-state index in [1.807, 2.05) is 25.1 Å². The van der Waals surface area contributed by atoms with E-state index in [1.165, 1.54) is 0 Å². The maximum absolute atomic E-state index is 6.32. The summed E-state index contributed by atoms with van der Waals surface area (Å²) in [5.74, 6) is 0. The third kappa shape index (κ3) is 2.80. The van der Waals surface area contributed by atoms with Gasteiger partial charge in [0.25, 0.3) is 0 Å². The molecule has 0 bridgehead atoms. The molecule has 1 nitrogen and oxygen atoms in total. The second-order valence-corrected chi connectivity index (χ2v) is 4.93. The molecule has 0 fully saturated rings. The van der Waals surface area contributed by atoms with Gasteiger partial charge in [0.1, 0.15) is 0 Å². The van der Waals surface area contributed by atoms with Gasteiger partial charge in [-0.15, -0.1) is 22.9 Å². The van der Waals surface area contributed by atoms with Crippen molar-refractivity contribution in [2.24, 2.45) is 0 Å². The Morgan fingerprint density at radius 1 is 1.33 bits per heavy atom. The first-order valence-electron chi connectivity index (χ1n) is 4.86. The third-order valence-corrected chi connectivity index (χ3v) is 3.58. The van der Waals surface area contributed by atoms with Crippen LogP contribution in [0.2, 0.25) is 0 Å². The number of hydrogen-bond acceptors (Lipinski definition) is 2. The third-order valence-electron chi connectivity index (χ3n) is 2.18. The van der Waals surface area contributed by atoms with Crippen LogP contribution in [-0.2, 0) is 6.42 Å². The minimum absolute atomic E-state index is 0.0248. The Labute approximate surface area is 98.7 Å². The second kappa shape index (κ2) is 4.77. The average Bonchev–Trinajstić information content (AvgIpc) is 2.65. The van der Waals surface area contributed by atoms with Crippen LogP contribution in [0, 0.1) is 6.92 Å². The lowest BCUT2D eigenvalue weighted by molar-refractivity contribution is 0.901. The summed E-state index contributed by atoms with van der Waals surface area (Å²) in [4.78, 5) is 4.41. The van der Waals surface area contributed by atoms with Crippen LogP contribution >= 0.6 is 22.9 Å². The number of rotatable bonds is 3. The molecule has 2 aromatic rings. The Kier molecular flexibility index (Phi) is 3.39. The molecule has 1 aromatic carbocycles. The van der Waals surface area contributed by atoms with Crippen molar-refractivity contribution >= 4 is 22.9 Å². The molecule has 0 spiro atoms. The number of thiazole rings is 1. The molecule has 1 aromatic heterocycles. The molecule has 0 aliphatic carbocycles. The summed E-state index contributed by atoms with van der Waals surface area (Å²) in [6.45, 7) is 2.01. The van der Waals surface area contributed by atoms with Crippen LogP contribution in [0.1, 0.15) is 21.6 Å². The molecule has 0 aliphatic rings. The molecule has 1 heterocycles. The number of benzene rings is 1. The van der Waals surface area contributed by atoms with E-state index < -0.39 is 0 Å². The van der Waals surface area contributed by atoms with E-state index in [-0.39, 0.29) is 5.38 Å². The molecule has 1 atom stereocenters. The fourth-order valence-electron chi connectivity index (χ4n) is 1.43. The SMILES string of the molecule is Cc1csc(CC(Cl)c2ccccc2)n1. The fourth-order valence-corrected chi connectivity index (χ4v) is 2.63. The number of nitrogens with zero attached hydrogens (tertiary/aromatic N) is 1. The molecule has 3 heteroatoms. The lowest BCUT2D eigenvalue weighted by Gasteiger charge is -2.06. The van der Waals surface area contributed by atoms with Crippen LogP contribution in [0.3, 0.4) is 0 Å². The normalized spacial score (nSPS) is 12.7. The largest absolute Gasteiger partial charge is 0.247 e. The second-order valence-electron chi connectivity index (χ2n) is 3.46. The van der Waals surface area contributed by atoms with Crippen molar-refractivity contribution in [2.75, 3.05) is 0 Å². The Morgan fingerprint density at radius 3 is 2.67 bits per heavy atom. The van der Waals surface area contributed by atoms with E-state index >= 15 is 0 Å². The highest BCUT2D eigenvalue weighted by Crippen LogP contribution is 2.25. The highest BCUT2D eigenvalue weighted by atomic mass is 35.5. The number of halogens is 1. The van der Waals surface area contributed by atoms with Gasteiger partial charge in [0.05, 0.1) is 10.4 Å². The zero-order chi connectivity index (χ0) is 10.7. The average molecular weight is 238 g/mol. The van der Waals surface area contributed by atoms with Crippen molar-refractivity contribution in [1.82, 2.24) is 4.98 Å². The van der Waals surface area contributed by atoms with Gasteiger partial charge in [0, 0.05) is 17.5 Å². The Bertz CT molecular complexity index is 424. The summed E-state index contributed by atoms with van der Waals surface area (Å²) >= 11 is 7.99. The smallest absolute Gasteiger partial charge is 0.0946 e. The van der Waals surface area contributed by atoms with Crippen molar-refractivity contribution < 1.29 is 0 Å². The predicted molar refractivity (Wildman–Crippen MR) is 65.6 cm³/mol. The van der Waals surface area contributed by atoms with Crippen molar-refractivity contribution in [3.63, 3.8) is 0 Å². The molecule has 0 N–H and O–H groups in total. The van der Waals surface area contributed by atoms with Gasteiger partial charge >= 0.3 is 0 Å². The van der Waals surface area contributed by atoms with E-state index in [0.29, 0.717) is 0 Å². The maximum Gasteiger partial charge on any atom is 0.0946 e. The van der Waals surface area contributed by atoms with Gasteiger partial charge in [-0.1, -0.05) is 30.3 Å². The van der Waals surface area contributed by atoms with Gasteiger partial charge in [-0.3, -0.25) is 0 Å². The van der Waals surface area contributed by atoms with Crippen molar-refractivity contribution in [3.05, 3.63) is 52.0 Å². The van der Waals surface area contributed by atoms with Crippen molar-refractivity contribution in [2.45, 2.75) is 18.7 Å². The van der Waals surface area contributed by atoms with E-state index in [4.69, 9.17) is 11.6 Å². The Hall–Kier alpha value is -0.860. The fraction of sp³-hybridized carbons (Fsp3) is 0.250. The molecule has 0 saturated carbocycles. The first-order chi connectivity index (χ1) is 7.25. The van der Waals surface area contributed by atoms with Crippen molar-refractivity contribution in [3.8, 4) is 0 Å². The molecule has 0 saturated heterocycles. The Morgan fingerprint density at radius 2 is 2.07 bits per heavy atom. The number of aryl methyl sites for hydroxylation is 1. The minimum atomic E-state index is 0.0248. The molecular formula is C12H12ClNS. The van der Waals surface area contributed by atoms with Gasteiger partial charge in [0.2, 0.25) is 0 Å². The predicted octanol–water partition coefficient (Wildman–Crippen LogP) is 3.97. The summed E-state index contributed by atoms with van der Waals surface area (Å²) in [6.07, 6.45) is 0.810. The van der Waals surface area contributed by atoms with E-state index in [1.54, 1.807) is 11.3 Å². The summed E-state index contributed by atoms with van der Waals surface area (Å²) in [5, 5.41) is 3.19. The first-order valence-corrected chi connectivity index (χ1v) is 6.17.